The Bertz CT molecular complexity index is 443. The second-order valence-corrected chi connectivity index (χ2v) is 4.80. The summed E-state index contributed by atoms with van der Waals surface area (Å²) in [5.41, 5.74) is 1.08. The third-order valence-electron chi connectivity index (χ3n) is 3.34. The van der Waals surface area contributed by atoms with E-state index < -0.39 is 0 Å². The van der Waals surface area contributed by atoms with Crippen molar-refractivity contribution in [3.63, 3.8) is 0 Å². The molecule has 3 rings (SSSR count). The first-order valence-electron chi connectivity index (χ1n) is 6.68. The molecule has 0 aliphatic carbocycles. The van der Waals surface area contributed by atoms with Crippen molar-refractivity contribution in [3.8, 4) is 17.2 Å². The van der Waals surface area contributed by atoms with E-state index in [1.807, 2.05) is 19.2 Å². The minimum absolute atomic E-state index is 0.129. The smallest absolute Gasteiger partial charge is 0.231 e. The fourth-order valence-corrected chi connectivity index (χ4v) is 2.39. The molecule has 0 spiro atoms. The normalized spacial score (nSPS) is 21.4. The predicted octanol–water partition coefficient (Wildman–Crippen LogP) is 1.69. The Balaban J connectivity index is 1.81. The lowest BCUT2D eigenvalue weighted by molar-refractivity contribution is 0.00695. The van der Waals surface area contributed by atoms with Crippen molar-refractivity contribution in [2.45, 2.75) is 25.5 Å². The van der Waals surface area contributed by atoms with Gasteiger partial charge in [-0.05, 0) is 26.0 Å². The van der Waals surface area contributed by atoms with E-state index in [0.717, 1.165) is 48.8 Å². The van der Waals surface area contributed by atoms with Crippen LogP contribution in [-0.4, -0.2) is 33.2 Å². The monoisotopic (exact) mass is 265 g/mol. The van der Waals surface area contributed by atoms with Crippen molar-refractivity contribution >= 4 is 0 Å². The molecule has 2 heterocycles. The van der Waals surface area contributed by atoms with Gasteiger partial charge in [0.05, 0.1) is 6.61 Å². The van der Waals surface area contributed by atoms with E-state index in [2.05, 4.69) is 5.32 Å². The van der Waals surface area contributed by atoms with E-state index in [9.17, 15) is 0 Å². The molecule has 0 aromatic heterocycles. The molecule has 1 aromatic carbocycles. The van der Waals surface area contributed by atoms with Crippen LogP contribution in [-0.2, 0) is 11.3 Å². The third-order valence-corrected chi connectivity index (χ3v) is 3.34. The van der Waals surface area contributed by atoms with Crippen molar-refractivity contribution in [2.75, 3.05) is 27.1 Å². The second-order valence-electron chi connectivity index (χ2n) is 4.80. The van der Waals surface area contributed by atoms with Crippen LogP contribution in [0.2, 0.25) is 0 Å². The summed E-state index contributed by atoms with van der Waals surface area (Å²) in [6, 6.07) is 3.90. The lowest BCUT2D eigenvalue weighted by atomic mass is 10.1. The number of nitrogens with one attached hydrogen (secondary N) is 1. The lowest BCUT2D eigenvalue weighted by Gasteiger charge is -2.24. The molecule has 19 heavy (non-hydrogen) atoms. The predicted molar refractivity (Wildman–Crippen MR) is 69.8 cm³/mol. The molecule has 104 valence electrons. The van der Waals surface area contributed by atoms with E-state index in [4.69, 9.17) is 18.9 Å². The highest BCUT2D eigenvalue weighted by Gasteiger charge is 2.21. The van der Waals surface area contributed by atoms with Gasteiger partial charge in [-0.15, -0.1) is 0 Å². The molecule has 0 amide bonds. The van der Waals surface area contributed by atoms with Gasteiger partial charge in [0, 0.05) is 24.8 Å². The topological polar surface area (TPSA) is 49.0 Å². The minimum atomic E-state index is 0.129. The second kappa shape index (κ2) is 5.67. The van der Waals surface area contributed by atoms with Crippen LogP contribution in [0.25, 0.3) is 0 Å². The largest absolute Gasteiger partial charge is 0.488 e. The number of benzene rings is 1. The van der Waals surface area contributed by atoms with Crippen LogP contribution >= 0.6 is 0 Å². The van der Waals surface area contributed by atoms with Gasteiger partial charge in [0.2, 0.25) is 6.79 Å². The molecule has 5 heteroatoms. The summed E-state index contributed by atoms with van der Waals surface area (Å²) in [6.07, 6.45) is 2.22. The molecule has 1 unspecified atom stereocenters. The van der Waals surface area contributed by atoms with E-state index in [-0.39, 0.29) is 12.9 Å². The molecule has 2 aliphatic rings. The van der Waals surface area contributed by atoms with Gasteiger partial charge in [0.15, 0.2) is 11.5 Å². The SMILES string of the molecule is CNCc1cc2c(cc1OC1CCCOC1)OCO2. The number of ether oxygens (including phenoxy) is 4. The summed E-state index contributed by atoms with van der Waals surface area (Å²) in [4.78, 5) is 0. The number of rotatable bonds is 4. The zero-order chi connectivity index (χ0) is 13.1. The van der Waals surface area contributed by atoms with Gasteiger partial charge in [-0.1, -0.05) is 0 Å². The van der Waals surface area contributed by atoms with Gasteiger partial charge >= 0.3 is 0 Å². The van der Waals surface area contributed by atoms with Crippen LogP contribution in [0, 0.1) is 0 Å². The van der Waals surface area contributed by atoms with Gasteiger partial charge in [0.1, 0.15) is 11.9 Å². The quantitative estimate of drug-likeness (QED) is 0.897. The summed E-state index contributed by atoms with van der Waals surface area (Å²) in [6.45, 7) is 2.52. The van der Waals surface area contributed by atoms with Crippen LogP contribution in [0.4, 0.5) is 0 Å². The van der Waals surface area contributed by atoms with Gasteiger partial charge in [-0.2, -0.15) is 0 Å². The van der Waals surface area contributed by atoms with Crippen LogP contribution < -0.4 is 19.5 Å². The maximum absolute atomic E-state index is 6.06. The summed E-state index contributed by atoms with van der Waals surface area (Å²) >= 11 is 0. The van der Waals surface area contributed by atoms with Crippen LogP contribution in [0.3, 0.4) is 0 Å². The lowest BCUT2D eigenvalue weighted by Crippen LogP contribution is -2.28. The number of hydrogen-bond donors (Lipinski definition) is 1. The molecule has 0 bridgehead atoms. The van der Waals surface area contributed by atoms with Gasteiger partial charge in [-0.3, -0.25) is 0 Å². The standard InChI is InChI=1S/C14H19NO4/c1-15-7-10-5-13-14(18-9-17-13)6-12(10)19-11-3-2-4-16-8-11/h5-6,11,15H,2-4,7-9H2,1H3. The Morgan fingerprint density at radius 2 is 2.16 bits per heavy atom. The molecular weight excluding hydrogens is 246 g/mol. The Labute approximate surface area is 112 Å². The van der Waals surface area contributed by atoms with Crippen LogP contribution in [0.5, 0.6) is 17.2 Å². The van der Waals surface area contributed by atoms with Crippen LogP contribution in [0.1, 0.15) is 18.4 Å². The van der Waals surface area contributed by atoms with E-state index in [1.165, 1.54) is 0 Å². The van der Waals surface area contributed by atoms with Crippen molar-refractivity contribution in [3.05, 3.63) is 17.7 Å². The molecular formula is C14H19NO4. The Morgan fingerprint density at radius 1 is 1.32 bits per heavy atom. The Hall–Kier alpha value is -1.46. The molecule has 1 atom stereocenters. The fraction of sp³-hybridized carbons (Fsp3) is 0.571. The van der Waals surface area contributed by atoms with E-state index >= 15 is 0 Å². The Morgan fingerprint density at radius 3 is 2.89 bits per heavy atom. The van der Waals surface area contributed by atoms with Crippen molar-refractivity contribution in [1.29, 1.82) is 0 Å². The maximum atomic E-state index is 6.06. The molecule has 1 N–H and O–H groups in total. The summed E-state index contributed by atoms with van der Waals surface area (Å²) in [7, 11) is 1.91. The Kier molecular flexibility index (Phi) is 3.75. The first kappa shape index (κ1) is 12.6. The molecule has 1 aromatic rings. The molecule has 0 radical (unpaired) electrons. The van der Waals surface area contributed by atoms with Gasteiger partial charge in [0.25, 0.3) is 0 Å². The molecule has 5 nitrogen and oxygen atoms in total. The summed E-state index contributed by atoms with van der Waals surface area (Å²) in [5.74, 6) is 2.40. The molecule has 1 saturated heterocycles. The first-order chi connectivity index (χ1) is 9.36. The number of hydrogen-bond acceptors (Lipinski definition) is 5. The third kappa shape index (κ3) is 2.77. The average molecular weight is 265 g/mol. The number of fused-ring (bicyclic) bond motifs is 1. The minimum Gasteiger partial charge on any atom is -0.488 e. The molecule has 2 aliphatic heterocycles. The maximum Gasteiger partial charge on any atom is 0.231 e. The zero-order valence-corrected chi connectivity index (χ0v) is 11.1. The first-order valence-corrected chi connectivity index (χ1v) is 6.68. The highest BCUT2D eigenvalue weighted by Crippen LogP contribution is 2.38. The summed E-state index contributed by atoms with van der Waals surface area (Å²) in [5, 5.41) is 3.15. The zero-order valence-electron chi connectivity index (χ0n) is 11.1. The highest BCUT2D eigenvalue weighted by atomic mass is 16.7. The van der Waals surface area contributed by atoms with Crippen molar-refractivity contribution in [1.82, 2.24) is 5.32 Å². The van der Waals surface area contributed by atoms with Crippen molar-refractivity contribution in [2.24, 2.45) is 0 Å². The van der Waals surface area contributed by atoms with Gasteiger partial charge < -0.3 is 24.3 Å². The van der Waals surface area contributed by atoms with Gasteiger partial charge in [-0.25, -0.2) is 0 Å². The van der Waals surface area contributed by atoms with E-state index in [1.54, 1.807) is 0 Å². The van der Waals surface area contributed by atoms with Crippen molar-refractivity contribution < 1.29 is 18.9 Å². The highest BCUT2D eigenvalue weighted by molar-refractivity contribution is 5.51. The fourth-order valence-electron chi connectivity index (χ4n) is 2.39. The molecule has 1 fully saturated rings. The average Bonchev–Trinajstić information content (AvgIpc) is 2.88. The van der Waals surface area contributed by atoms with Crippen LogP contribution in [0.15, 0.2) is 12.1 Å². The summed E-state index contributed by atoms with van der Waals surface area (Å²) < 4.78 is 22.3. The van der Waals surface area contributed by atoms with E-state index in [0.29, 0.717) is 6.61 Å². The molecule has 0 saturated carbocycles.